The first-order chi connectivity index (χ1) is 10.2. The summed E-state index contributed by atoms with van der Waals surface area (Å²) < 4.78 is 45.6. The summed E-state index contributed by atoms with van der Waals surface area (Å²) in [6, 6.07) is 3.37. The molecule has 0 fully saturated rings. The number of aromatic nitrogens is 1. The quantitative estimate of drug-likeness (QED) is 0.903. The normalized spacial score (nSPS) is 11.3. The number of methoxy groups -OCH3 is 1. The Kier molecular flexibility index (Phi) is 4.27. The number of nitrogens with one attached hydrogen (secondary N) is 1. The second-order valence-electron chi connectivity index (χ2n) is 4.37. The number of aromatic hydroxyl groups is 1. The molecular formula is C13H11F3N2O3S. The lowest BCUT2D eigenvalue weighted by atomic mass is 10.1. The van der Waals surface area contributed by atoms with Crippen LogP contribution in [0.25, 0.3) is 0 Å². The highest BCUT2D eigenvalue weighted by Crippen LogP contribution is 2.33. The van der Waals surface area contributed by atoms with Gasteiger partial charge in [0.15, 0.2) is 5.69 Å². The Bertz CT molecular complexity index is 713. The number of carbonyl (C=O) groups is 1. The Morgan fingerprint density at radius 3 is 2.59 bits per heavy atom. The standard InChI is InChI=1S/C13H11F3N2O3S/c1-6-3-8(19)7(4-9(6)21-2)12(20)17-11-5-10(18-22-11)13(14,15)16/h3-5,19H,1-2H3,(H,17,20). The van der Waals surface area contributed by atoms with Crippen LogP contribution in [0.2, 0.25) is 0 Å². The number of nitrogens with zero attached hydrogens (tertiary/aromatic N) is 1. The van der Waals surface area contributed by atoms with E-state index in [1.54, 1.807) is 6.92 Å². The molecular weight excluding hydrogens is 321 g/mol. The largest absolute Gasteiger partial charge is 0.507 e. The van der Waals surface area contributed by atoms with Gasteiger partial charge >= 0.3 is 6.18 Å². The number of benzene rings is 1. The lowest BCUT2D eigenvalue weighted by Crippen LogP contribution is -2.12. The first-order valence-corrected chi connectivity index (χ1v) is 6.72. The van der Waals surface area contributed by atoms with Crippen LogP contribution in [0.1, 0.15) is 21.6 Å². The third kappa shape index (κ3) is 3.30. The minimum absolute atomic E-state index is 0.0729. The lowest BCUT2D eigenvalue weighted by Gasteiger charge is -2.09. The molecule has 0 aliphatic heterocycles. The zero-order valence-electron chi connectivity index (χ0n) is 11.5. The minimum atomic E-state index is -4.57. The van der Waals surface area contributed by atoms with Gasteiger partial charge in [-0.3, -0.25) is 4.79 Å². The Morgan fingerprint density at radius 2 is 2.05 bits per heavy atom. The van der Waals surface area contributed by atoms with Crippen molar-refractivity contribution in [1.29, 1.82) is 0 Å². The van der Waals surface area contributed by atoms with Crippen LogP contribution >= 0.6 is 11.5 Å². The number of halogens is 3. The fourth-order valence-electron chi connectivity index (χ4n) is 1.72. The number of alkyl halides is 3. The van der Waals surface area contributed by atoms with Gasteiger partial charge in [-0.05, 0) is 36.2 Å². The molecule has 0 saturated heterocycles. The van der Waals surface area contributed by atoms with Crippen LogP contribution in [0.3, 0.4) is 0 Å². The molecule has 5 nitrogen and oxygen atoms in total. The summed E-state index contributed by atoms with van der Waals surface area (Å²) >= 11 is 0.504. The number of amides is 1. The Labute approximate surface area is 127 Å². The first-order valence-electron chi connectivity index (χ1n) is 5.95. The molecule has 9 heteroatoms. The third-order valence-electron chi connectivity index (χ3n) is 2.80. The molecule has 1 amide bonds. The molecule has 1 aromatic heterocycles. The molecule has 2 N–H and O–H groups in total. The van der Waals surface area contributed by atoms with E-state index in [0.717, 1.165) is 6.07 Å². The van der Waals surface area contributed by atoms with Gasteiger partial charge in [0.25, 0.3) is 5.91 Å². The zero-order chi connectivity index (χ0) is 16.5. The monoisotopic (exact) mass is 332 g/mol. The summed E-state index contributed by atoms with van der Waals surface area (Å²) in [7, 11) is 1.40. The van der Waals surface area contributed by atoms with Crippen molar-refractivity contribution >= 4 is 22.4 Å². The summed E-state index contributed by atoms with van der Waals surface area (Å²) in [5, 5.41) is 12.0. The molecule has 0 aliphatic carbocycles. The molecule has 1 heterocycles. The molecule has 0 saturated carbocycles. The molecule has 0 radical (unpaired) electrons. The average Bonchev–Trinajstić information content (AvgIpc) is 2.87. The molecule has 1 aromatic carbocycles. The van der Waals surface area contributed by atoms with Gasteiger partial charge in [0.1, 0.15) is 16.5 Å². The van der Waals surface area contributed by atoms with E-state index in [4.69, 9.17) is 4.74 Å². The predicted molar refractivity (Wildman–Crippen MR) is 74.5 cm³/mol. The van der Waals surface area contributed by atoms with E-state index in [2.05, 4.69) is 9.69 Å². The van der Waals surface area contributed by atoms with Crippen LogP contribution in [0.4, 0.5) is 18.2 Å². The van der Waals surface area contributed by atoms with Crippen LogP contribution in [-0.2, 0) is 6.18 Å². The van der Waals surface area contributed by atoms with Gasteiger partial charge in [0, 0.05) is 6.07 Å². The number of ether oxygens (including phenoxy) is 1. The summed E-state index contributed by atoms with van der Waals surface area (Å²) in [5.74, 6) is -0.673. The van der Waals surface area contributed by atoms with Crippen LogP contribution in [0.5, 0.6) is 11.5 Å². The molecule has 22 heavy (non-hydrogen) atoms. The minimum Gasteiger partial charge on any atom is -0.507 e. The molecule has 0 bridgehead atoms. The van der Waals surface area contributed by atoms with Gasteiger partial charge < -0.3 is 15.2 Å². The summed E-state index contributed by atoms with van der Waals surface area (Å²) in [6.07, 6.45) is -4.57. The number of rotatable bonds is 3. The van der Waals surface area contributed by atoms with E-state index in [0.29, 0.717) is 22.8 Å². The van der Waals surface area contributed by atoms with E-state index in [1.165, 1.54) is 19.2 Å². The maximum absolute atomic E-state index is 12.4. The van der Waals surface area contributed by atoms with Gasteiger partial charge in [-0.1, -0.05) is 0 Å². The Balaban J connectivity index is 2.24. The molecule has 2 aromatic rings. The van der Waals surface area contributed by atoms with Crippen molar-refractivity contribution in [2.75, 3.05) is 12.4 Å². The number of hydrogen-bond acceptors (Lipinski definition) is 5. The molecule has 0 aliphatic rings. The summed E-state index contributed by atoms with van der Waals surface area (Å²) in [5.41, 5.74) is -0.573. The highest BCUT2D eigenvalue weighted by atomic mass is 32.1. The average molecular weight is 332 g/mol. The second kappa shape index (κ2) is 5.84. The number of hydrogen-bond donors (Lipinski definition) is 2. The fourth-order valence-corrected chi connectivity index (χ4v) is 2.38. The highest BCUT2D eigenvalue weighted by Gasteiger charge is 2.34. The van der Waals surface area contributed by atoms with Crippen LogP contribution in [-0.4, -0.2) is 22.5 Å². The maximum atomic E-state index is 12.4. The summed E-state index contributed by atoms with van der Waals surface area (Å²) in [4.78, 5) is 12.0. The number of phenols is 1. The van der Waals surface area contributed by atoms with Gasteiger partial charge in [-0.25, -0.2) is 0 Å². The van der Waals surface area contributed by atoms with Gasteiger partial charge in [-0.2, -0.15) is 17.5 Å². The molecule has 0 atom stereocenters. The maximum Gasteiger partial charge on any atom is 0.434 e. The Morgan fingerprint density at radius 1 is 1.36 bits per heavy atom. The number of phenolic OH excluding ortho intramolecular Hbond substituents is 1. The highest BCUT2D eigenvalue weighted by molar-refractivity contribution is 7.10. The number of anilines is 1. The van der Waals surface area contributed by atoms with Crippen molar-refractivity contribution in [2.24, 2.45) is 0 Å². The molecule has 0 spiro atoms. The predicted octanol–water partition coefficient (Wildman–Crippen LogP) is 3.44. The van der Waals surface area contributed by atoms with Crippen LogP contribution in [0, 0.1) is 6.92 Å². The van der Waals surface area contributed by atoms with E-state index >= 15 is 0 Å². The van der Waals surface area contributed by atoms with Crippen molar-refractivity contribution in [1.82, 2.24) is 4.37 Å². The second-order valence-corrected chi connectivity index (χ2v) is 5.17. The van der Waals surface area contributed by atoms with E-state index in [-0.39, 0.29) is 16.3 Å². The molecule has 118 valence electrons. The summed E-state index contributed by atoms with van der Waals surface area (Å²) in [6.45, 7) is 1.68. The van der Waals surface area contributed by atoms with Crippen molar-refractivity contribution in [3.05, 3.63) is 35.0 Å². The first kappa shape index (κ1) is 16.1. The fraction of sp³-hybridized carbons (Fsp3) is 0.231. The lowest BCUT2D eigenvalue weighted by molar-refractivity contribution is -0.140. The Hall–Kier alpha value is -2.29. The van der Waals surface area contributed by atoms with E-state index in [9.17, 15) is 23.1 Å². The smallest absolute Gasteiger partial charge is 0.434 e. The number of carbonyl (C=O) groups excluding carboxylic acids is 1. The van der Waals surface area contributed by atoms with Crippen LogP contribution in [0.15, 0.2) is 18.2 Å². The van der Waals surface area contributed by atoms with Gasteiger partial charge in [0.05, 0.1) is 12.7 Å². The van der Waals surface area contributed by atoms with E-state index in [1.807, 2.05) is 0 Å². The van der Waals surface area contributed by atoms with Gasteiger partial charge in [0.2, 0.25) is 0 Å². The van der Waals surface area contributed by atoms with Gasteiger partial charge in [-0.15, -0.1) is 0 Å². The van der Waals surface area contributed by atoms with Crippen molar-refractivity contribution in [2.45, 2.75) is 13.1 Å². The topological polar surface area (TPSA) is 71.5 Å². The van der Waals surface area contributed by atoms with Crippen LogP contribution < -0.4 is 10.1 Å². The third-order valence-corrected chi connectivity index (χ3v) is 3.50. The van der Waals surface area contributed by atoms with Crippen molar-refractivity contribution in [3.63, 3.8) is 0 Å². The van der Waals surface area contributed by atoms with E-state index < -0.39 is 17.8 Å². The number of aryl methyl sites for hydroxylation is 1. The molecule has 0 unspecified atom stereocenters. The van der Waals surface area contributed by atoms with Crippen molar-refractivity contribution < 1.29 is 27.8 Å². The van der Waals surface area contributed by atoms with Crippen molar-refractivity contribution in [3.8, 4) is 11.5 Å². The zero-order valence-corrected chi connectivity index (χ0v) is 12.3. The SMILES string of the molecule is COc1cc(C(=O)Nc2cc(C(F)(F)F)ns2)c(O)cc1C. The molecule has 2 rings (SSSR count).